The number of methoxy groups -OCH3 is 1. The number of rotatable bonds is 8. The van der Waals surface area contributed by atoms with Gasteiger partial charge in [-0.3, -0.25) is 4.68 Å². The predicted molar refractivity (Wildman–Crippen MR) is 84.3 cm³/mol. The summed E-state index contributed by atoms with van der Waals surface area (Å²) in [7, 11) is 1.35. The largest absolute Gasteiger partial charge is 0.464 e. The SMILES string of the molecule is COC(=O)c1cccc(-c2cnn(CCCCCCN)c2)n1. The molecule has 0 unspecified atom stereocenters. The highest BCUT2D eigenvalue weighted by Crippen LogP contribution is 2.17. The van der Waals surface area contributed by atoms with Crippen LogP contribution in [0.15, 0.2) is 30.6 Å². The smallest absolute Gasteiger partial charge is 0.356 e. The van der Waals surface area contributed by atoms with E-state index in [4.69, 9.17) is 5.73 Å². The maximum Gasteiger partial charge on any atom is 0.356 e. The number of nitrogens with two attached hydrogens (primary N) is 1. The molecule has 2 heterocycles. The third kappa shape index (κ3) is 4.39. The Balaban J connectivity index is 1.97. The molecule has 0 amide bonds. The average Bonchev–Trinajstić information content (AvgIpc) is 3.03. The minimum absolute atomic E-state index is 0.300. The van der Waals surface area contributed by atoms with Crippen molar-refractivity contribution in [3.63, 3.8) is 0 Å². The maximum absolute atomic E-state index is 11.5. The Morgan fingerprint density at radius 3 is 2.86 bits per heavy atom. The zero-order chi connectivity index (χ0) is 15.8. The number of ether oxygens (including phenoxy) is 1. The Bertz CT molecular complexity index is 610. The van der Waals surface area contributed by atoms with Crippen LogP contribution in [-0.4, -0.2) is 34.4 Å². The quantitative estimate of drug-likeness (QED) is 0.597. The number of unbranched alkanes of at least 4 members (excludes halogenated alkanes) is 3. The molecule has 118 valence electrons. The van der Waals surface area contributed by atoms with Gasteiger partial charge in [0.05, 0.1) is 19.0 Å². The molecular formula is C16H22N4O2. The molecule has 0 aliphatic heterocycles. The van der Waals surface area contributed by atoms with E-state index >= 15 is 0 Å². The first-order chi connectivity index (χ1) is 10.7. The molecule has 0 saturated heterocycles. The van der Waals surface area contributed by atoms with E-state index in [1.807, 2.05) is 16.9 Å². The minimum Gasteiger partial charge on any atom is -0.464 e. The van der Waals surface area contributed by atoms with E-state index in [0.717, 1.165) is 50.0 Å². The number of hydrogen-bond donors (Lipinski definition) is 1. The van der Waals surface area contributed by atoms with Gasteiger partial charge >= 0.3 is 5.97 Å². The van der Waals surface area contributed by atoms with Crippen LogP contribution in [0.4, 0.5) is 0 Å². The second-order valence-electron chi connectivity index (χ2n) is 5.09. The Labute approximate surface area is 130 Å². The van der Waals surface area contributed by atoms with Crippen molar-refractivity contribution in [3.05, 3.63) is 36.3 Å². The first-order valence-corrected chi connectivity index (χ1v) is 7.53. The van der Waals surface area contributed by atoms with E-state index in [0.29, 0.717) is 5.69 Å². The highest BCUT2D eigenvalue weighted by atomic mass is 16.5. The van der Waals surface area contributed by atoms with Crippen LogP contribution in [0.2, 0.25) is 0 Å². The Morgan fingerprint density at radius 1 is 1.27 bits per heavy atom. The van der Waals surface area contributed by atoms with Gasteiger partial charge in [0, 0.05) is 18.3 Å². The number of carbonyl (C=O) groups is 1. The van der Waals surface area contributed by atoms with Crippen LogP contribution in [0.3, 0.4) is 0 Å². The third-order valence-electron chi connectivity index (χ3n) is 3.41. The van der Waals surface area contributed by atoms with Crippen LogP contribution in [0.25, 0.3) is 11.3 Å². The molecule has 0 atom stereocenters. The molecule has 0 bridgehead atoms. The third-order valence-corrected chi connectivity index (χ3v) is 3.41. The van der Waals surface area contributed by atoms with E-state index < -0.39 is 5.97 Å². The van der Waals surface area contributed by atoms with Crippen LogP contribution in [0.1, 0.15) is 36.2 Å². The van der Waals surface area contributed by atoms with Gasteiger partial charge in [0.15, 0.2) is 0 Å². The van der Waals surface area contributed by atoms with Gasteiger partial charge in [0.2, 0.25) is 0 Å². The number of nitrogens with zero attached hydrogens (tertiary/aromatic N) is 3. The van der Waals surface area contributed by atoms with Crippen molar-refractivity contribution in [3.8, 4) is 11.3 Å². The van der Waals surface area contributed by atoms with Gasteiger partial charge in [0.25, 0.3) is 0 Å². The molecule has 6 nitrogen and oxygen atoms in total. The van der Waals surface area contributed by atoms with Crippen molar-refractivity contribution in [2.75, 3.05) is 13.7 Å². The number of aromatic nitrogens is 3. The lowest BCUT2D eigenvalue weighted by Gasteiger charge is -2.02. The van der Waals surface area contributed by atoms with Crippen LogP contribution >= 0.6 is 0 Å². The standard InChI is InChI=1S/C16H22N4O2/c1-22-16(21)15-8-6-7-14(19-15)13-11-18-20(12-13)10-5-3-2-4-9-17/h6-8,11-12H,2-5,9-10,17H2,1H3. The van der Waals surface area contributed by atoms with E-state index in [9.17, 15) is 4.79 Å². The fraction of sp³-hybridized carbons (Fsp3) is 0.438. The molecule has 0 aromatic carbocycles. The maximum atomic E-state index is 11.5. The summed E-state index contributed by atoms with van der Waals surface area (Å²) in [5.41, 5.74) is 7.39. The lowest BCUT2D eigenvalue weighted by atomic mass is 10.2. The molecule has 2 N–H and O–H groups in total. The predicted octanol–water partition coefficient (Wildman–Crippen LogP) is 2.25. The Morgan fingerprint density at radius 2 is 2.09 bits per heavy atom. The van der Waals surface area contributed by atoms with E-state index in [1.165, 1.54) is 7.11 Å². The lowest BCUT2D eigenvalue weighted by molar-refractivity contribution is 0.0594. The van der Waals surface area contributed by atoms with E-state index in [1.54, 1.807) is 18.3 Å². The summed E-state index contributed by atoms with van der Waals surface area (Å²) >= 11 is 0. The zero-order valence-corrected chi connectivity index (χ0v) is 12.9. The molecule has 6 heteroatoms. The topological polar surface area (TPSA) is 83.0 Å². The highest BCUT2D eigenvalue weighted by molar-refractivity contribution is 5.87. The molecule has 0 aliphatic carbocycles. The second-order valence-corrected chi connectivity index (χ2v) is 5.09. The van der Waals surface area contributed by atoms with Crippen LogP contribution < -0.4 is 5.73 Å². The first-order valence-electron chi connectivity index (χ1n) is 7.53. The highest BCUT2D eigenvalue weighted by Gasteiger charge is 2.09. The summed E-state index contributed by atoms with van der Waals surface area (Å²) in [6, 6.07) is 5.28. The molecule has 0 radical (unpaired) electrons. The van der Waals surface area contributed by atoms with Crippen molar-refractivity contribution in [1.82, 2.24) is 14.8 Å². The van der Waals surface area contributed by atoms with Crippen LogP contribution in [0, 0.1) is 0 Å². The molecule has 0 aliphatic rings. The second kappa shape index (κ2) is 8.29. The normalized spacial score (nSPS) is 10.6. The van der Waals surface area contributed by atoms with Crippen molar-refractivity contribution < 1.29 is 9.53 Å². The average molecular weight is 302 g/mol. The summed E-state index contributed by atoms with van der Waals surface area (Å²) in [4.78, 5) is 15.8. The zero-order valence-electron chi connectivity index (χ0n) is 12.9. The summed E-state index contributed by atoms with van der Waals surface area (Å²) in [5.74, 6) is -0.436. The molecule has 22 heavy (non-hydrogen) atoms. The van der Waals surface area contributed by atoms with Gasteiger partial charge in [-0.05, 0) is 31.5 Å². The summed E-state index contributed by atoms with van der Waals surface area (Å²) < 4.78 is 6.59. The fourth-order valence-electron chi connectivity index (χ4n) is 2.20. The van der Waals surface area contributed by atoms with Gasteiger partial charge in [0.1, 0.15) is 5.69 Å². The Kier molecular flexibility index (Phi) is 6.09. The molecule has 0 fully saturated rings. The number of hydrogen-bond acceptors (Lipinski definition) is 5. The van der Waals surface area contributed by atoms with Crippen LogP contribution in [-0.2, 0) is 11.3 Å². The van der Waals surface area contributed by atoms with Gasteiger partial charge < -0.3 is 10.5 Å². The van der Waals surface area contributed by atoms with Crippen molar-refractivity contribution in [1.29, 1.82) is 0 Å². The first kappa shape index (κ1) is 16.2. The number of esters is 1. The van der Waals surface area contributed by atoms with E-state index in [2.05, 4.69) is 14.8 Å². The molecular weight excluding hydrogens is 280 g/mol. The van der Waals surface area contributed by atoms with Gasteiger partial charge in [-0.25, -0.2) is 9.78 Å². The Hall–Kier alpha value is -2.21. The minimum atomic E-state index is -0.436. The molecule has 2 rings (SSSR count). The van der Waals surface area contributed by atoms with E-state index in [-0.39, 0.29) is 0 Å². The van der Waals surface area contributed by atoms with Gasteiger partial charge in [-0.15, -0.1) is 0 Å². The lowest BCUT2D eigenvalue weighted by Crippen LogP contribution is -2.04. The summed E-state index contributed by atoms with van der Waals surface area (Å²) in [6.07, 6.45) is 8.19. The van der Waals surface area contributed by atoms with Crippen molar-refractivity contribution in [2.45, 2.75) is 32.2 Å². The van der Waals surface area contributed by atoms with Crippen molar-refractivity contribution in [2.24, 2.45) is 5.73 Å². The van der Waals surface area contributed by atoms with Crippen LogP contribution in [0.5, 0.6) is 0 Å². The molecule has 0 spiro atoms. The molecule has 2 aromatic heterocycles. The van der Waals surface area contributed by atoms with Gasteiger partial charge in [-0.2, -0.15) is 5.10 Å². The summed E-state index contributed by atoms with van der Waals surface area (Å²) in [6.45, 7) is 1.63. The fourth-order valence-corrected chi connectivity index (χ4v) is 2.20. The molecule has 2 aromatic rings. The molecule has 0 saturated carbocycles. The number of aryl methyl sites for hydroxylation is 1. The summed E-state index contributed by atoms with van der Waals surface area (Å²) in [5, 5.41) is 4.34. The van der Waals surface area contributed by atoms with Crippen molar-refractivity contribution >= 4 is 5.97 Å². The number of pyridine rings is 1. The van der Waals surface area contributed by atoms with Gasteiger partial charge in [-0.1, -0.05) is 18.9 Å². The monoisotopic (exact) mass is 302 g/mol. The number of carbonyl (C=O) groups excluding carboxylic acids is 1.